The van der Waals surface area contributed by atoms with Crippen LogP contribution >= 0.6 is 0 Å². The van der Waals surface area contributed by atoms with Gasteiger partial charge in [-0.2, -0.15) is 0 Å². The van der Waals surface area contributed by atoms with E-state index in [4.69, 9.17) is 19.2 Å². The van der Waals surface area contributed by atoms with Crippen molar-refractivity contribution in [1.29, 1.82) is 0 Å². The number of carbonyl (C=O) groups excluding carboxylic acids is 2. The molecule has 4 aliphatic rings. The summed E-state index contributed by atoms with van der Waals surface area (Å²) in [5.41, 5.74) is 0.736. The molecule has 9 heteroatoms. The zero-order valence-corrected chi connectivity index (χ0v) is 23.8. The lowest BCUT2D eigenvalue weighted by molar-refractivity contribution is -0.147. The summed E-state index contributed by atoms with van der Waals surface area (Å²) in [4.78, 5) is 46.2. The predicted molar refractivity (Wildman–Crippen MR) is 151 cm³/mol. The first-order valence-corrected chi connectivity index (χ1v) is 14.9. The molecule has 2 fully saturated rings. The van der Waals surface area contributed by atoms with Crippen LogP contribution in [0.2, 0.25) is 0 Å². The molecule has 0 spiro atoms. The number of benzene rings is 1. The first-order chi connectivity index (χ1) is 19.8. The number of carbonyl (C=O) groups is 3. The monoisotopic (exact) mass is 562 g/mol. The van der Waals surface area contributed by atoms with Gasteiger partial charge in [0, 0.05) is 49.4 Å². The molecule has 1 aromatic carbocycles. The number of rotatable bonds is 5. The molecule has 6 rings (SSSR count). The average molecular weight is 563 g/mol. The molecule has 5 atom stereocenters. The highest BCUT2D eigenvalue weighted by atomic mass is 16.5. The highest BCUT2D eigenvalue weighted by Gasteiger charge is 2.61. The van der Waals surface area contributed by atoms with Crippen LogP contribution in [-0.4, -0.2) is 65.6 Å². The van der Waals surface area contributed by atoms with Crippen molar-refractivity contribution in [3.63, 3.8) is 0 Å². The van der Waals surface area contributed by atoms with Gasteiger partial charge in [0.1, 0.15) is 23.4 Å². The number of ketones is 1. The number of pyridine rings is 1. The molecule has 41 heavy (non-hydrogen) atoms. The Bertz CT molecular complexity index is 1400. The van der Waals surface area contributed by atoms with Crippen LogP contribution in [0.3, 0.4) is 0 Å². The molecule has 2 aliphatic carbocycles. The van der Waals surface area contributed by atoms with Crippen LogP contribution in [0.5, 0.6) is 17.4 Å². The second-order valence-electron chi connectivity index (χ2n) is 12.0. The van der Waals surface area contributed by atoms with Crippen LogP contribution in [0.25, 0.3) is 10.9 Å². The van der Waals surface area contributed by atoms with Crippen LogP contribution in [0, 0.1) is 23.2 Å². The maximum Gasteiger partial charge on any atom is 0.310 e. The van der Waals surface area contributed by atoms with Gasteiger partial charge in [-0.15, -0.1) is 0 Å². The lowest BCUT2D eigenvalue weighted by atomic mass is 9.84. The molecule has 1 aromatic heterocycles. The van der Waals surface area contributed by atoms with Crippen molar-refractivity contribution in [2.24, 2.45) is 23.2 Å². The zero-order chi connectivity index (χ0) is 28.7. The maximum atomic E-state index is 13.8. The van der Waals surface area contributed by atoms with Crippen molar-refractivity contribution >= 4 is 28.6 Å². The molecule has 3 heterocycles. The van der Waals surface area contributed by atoms with E-state index in [0.29, 0.717) is 50.7 Å². The van der Waals surface area contributed by atoms with Crippen molar-refractivity contribution < 1.29 is 33.7 Å². The lowest BCUT2D eigenvalue weighted by Gasteiger charge is -2.25. The fourth-order valence-electron chi connectivity index (χ4n) is 6.95. The van der Waals surface area contributed by atoms with Gasteiger partial charge < -0.3 is 24.2 Å². The number of carboxylic acids is 1. The van der Waals surface area contributed by atoms with Gasteiger partial charge in [-0.3, -0.25) is 14.4 Å². The highest BCUT2D eigenvalue weighted by molar-refractivity contribution is 5.94. The molecular weight excluding hydrogens is 524 g/mol. The van der Waals surface area contributed by atoms with E-state index in [0.717, 1.165) is 47.9 Å². The van der Waals surface area contributed by atoms with E-state index >= 15 is 0 Å². The third-order valence-corrected chi connectivity index (χ3v) is 9.34. The Hall–Kier alpha value is -3.62. The number of hydrogen-bond acceptors (Lipinski definition) is 7. The van der Waals surface area contributed by atoms with Gasteiger partial charge in [0.25, 0.3) is 0 Å². The molecular formula is C32H38N2O7. The normalized spacial score (nSPS) is 30.5. The van der Waals surface area contributed by atoms with E-state index in [1.807, 2.05) is 31.2 Å². The van der Waals surface area contributed by atoms with Gasteiger partial charge in [0.15, 0.2) is 0 Å². The first kappa shape index (κ1) is 27.5. The Morgan fingerprint density at radius 2 is 2.05 bits per heavy atom. The zero-order valence-electron chi connectivity index (χ0n) is 23.8. The van der Waals surface area contributed by atoms with Gasteiger partial charge in [-0.05, 0) is 63.5 Å². The molecule has 2 aromatic rings. The molecule has 0 radical (unpaired) electrons. The van der Waals surface area contributed by atoms with Crippen LogP contribution in [0.1, 0.15) is 57.4 Å². The number of allylic oxidation sites excluding steroid dienone is 2. The number of amides is 1. The first-order valence-electron chi connectivity index (χ1n) is 14.9. The van der Waals surface area contributed by atoms with Crippen LogP contribution < -0.4 is 14.2 Å². The van der Waals surface area contributed by atoms with E-state index < -0.39 is 23.2 Å². The third kappa shape index (κ3) is 5.15. The number of hydrogen-bond donors (Lipinski definition) is 1. The summed E-state index contributed by atoms with van der Waals surface area (Å²) in [5.74, 6) is -0.543. The van der Waals surface area contributed by atoms with Crippen molar-refractivity contribution in [2.75, 3.05) is 26.8 Å². The van der Waals surface area contributed by atoms with Gasteiger partial charge >= 0.3 is 5.97 Å². The van der Waals surface area contributed by atoms with Crippen LogP contribution in [0.4, 0.5) is 0 Å². The number of aliphatic carboxylic acids is 1. The summed E-state index contributed by atoms with van der Waals surface area (Å²) in [5, 5.41) is 10.9. The second kappa shape index (κ2) is 11.0. The Labute approximate surface area is 239 Å². The van der Waals surface area contributed by atoms with E-state index in [-0.39, 0.29) is 30.1 Å². The molecule has 1 N–H and O–H groups in total. The van der Waals surface area contributed by atoms with Crippen LogP contribution in [0.15, 0.2) is 30.4 Å². The molecule has 9 nitrogen and oxygen atoms in total. The Balaban J connectivity index is 1.31. The van der Waals surface area contributed by atoms with Gasteiger partial charge in [-0.25, -0.2) is 4.98 Å². The van der Waals surface area contributed by atoms with E-state index in [9.17, 15) is 19.5 Å². The molecule has 2 aliphatic heterocycles. The topological polar surface area (TPSA) is 115 Å². The van der Waals surface area contributed by atoms with Crippen molar-refractivity contribution in [2.45, 2.75) is 64.4 Å². The molecule has 218 valence electrons. The Morgan fingerprint density at radius 3 is 2.85 bits per heavy atom. The number of aromatic nitrogens is 1. The quantitative estimate of drug-likeness (QED) is 0.526. The minimum atomic E-state index is -1.06. The number of carboxylic acid groups (broad SMARTS) is 1. The predicted octanol–water partition coefficient (Wildman–Crippen LogP) is 4.59. The molecule has 0 saturated heterocycles. The minimum Gasteiger partial charge on any atom is -0.493 e. The lowest BCUT2D eigenvalue weighted by Crippen LogP contribution is -2.38. The number of fused-ring (bicyclic) bond motifs is 5. The number of ether oxygens (including phenoxy) is 3. The van der Waals surface area contributed by atoms with Gasteiger partial charge in [0.2, 0.25) is 11.8 Å². The SMILES string of the molecule is CCOc1cc(O[C@@H]2C[C@H]3C(=O)C[C@]4(C(=O)O)C[C@H]4/C=C\CCCCN(C)C(=O)[C@@H]3C2)c2ccc3c(c2n1)CCO3. The highest BCUT2D eigenvalue weighted by Crippen LogP contribution is 2.57. The summed E-state index contributed by atoms with van der Waals surface area (Å²) < 4.78 is 18.1. The van der Waals surface area contributed by atoms with Gasteiger partial charge in [0.05, 0.1) is 30.1 Å². The van der Waals surface area contributed by atoms with E-state index in [2.05, 4.69) is 0 Å². The molecule has 0 bridgehead atoms. The summed E-state index contributed by atoms with van der Waals surface area (Å²) in [7, 11) is 1.79. The smallest absolute Gasteiger partial charge is 0.310 e. The maximum absolute atomic E-state index is 13.8. The summed E-state index contributed by atoms with van der Waals surface area (Å²) in [6.45, 7) is 3.57. The standard InChI is InChI=1S/C32H38N2O7/c1-3-39-28-16-27(21-9-10-26-22(11-13-40-26)29(21)33-28)41-20-14-23-24(15-20)30(36)34(2)12-7-5-4-6-8-19-17-32(19,31(37)38)18-25(23)35/h6,8-10,16,19-20,23-24H,3-5,7,11-15,17-18H2,1-2H3,(H,37,38)/b8-6-/t19-,20-,23-,24-,32-/m1/s1. The molecule has 2 saturated carbocycles. The summed E-state index contributed by atoms with van der Waals surface area (Å²) in [6, 6.07) is 5.65. The largest absolute Gasteiger partial charge is 0.493 e. The Morgan fingerprint density at radius 1 is 1.22 bits per heavy atom. The second-order valence-corrected chi connectivity index (χ2v) is 12.0. The number of nitrogens with zero attached hydrogens (tertiary/aromatic N) is 2. The fourth-order valence-corrected chi connectivity index (χ4v) is 6.95. The van der Waals surface area contributed by atoms with E-state index in [1.165, 1.54) is 0 Å². The van der Waals surface area contributed by atoms with Crippen LogP contribution in [-0.2, 0) is 20.8 Å². The van der Waals surface area contributed by atoms with Crippen molar-refractivity contribution in [3.8, 4) is 17.4 Å². The fraction of sp³-hybridized carbons (Fsp3) is 0.562. The van der Waals surface area contributed by atoms with Crippen molar-refractivity contribution in [1.82, 2.24) is 9.88 Å². The number of Topliss-reactive ketones (excluding diaryl/α,β-unsaturated/α-hetero) is 1. The minimum absolute atomic E-state index is 0.0545. The van der Waals surface area contributed by atoms with Gasteiger partial charge in [-0.1, -0.05) is 12.2 Å². The average Bonchev–Trinajstić information content (AvgIpc) is 3.26. The third-order valence-electron chi connectivity index (χ3n) is 9.34. The molecule has 0 unspecified atom stereocenters. The van der Waals surface area contributed by atoms with E-state index in [1.54, 1.807) is 18.0 Å². The Kier molecular flexibility index (Phi) is 7.38. The summed E-state index contributed by atoms with van der Waals surface area (Å²) in [6.07, 6.45) is 8.15. The summed E-state index contributed by atoms with van der Waals surface area (Å²) >= 11 is 0. The van der Waals surface area contributed by atoms with Crippen molar-refractivity contribution in [3.05, 3.63) is 35.9 Å². The molecule has 1 amide bonds.